The fourth-order valence-electron chi connectivity index (χ4n) is 8.99. The zero-order valence-electron chi connectivity index (χ0n) is 30.6. The van der Waals surface area contributed by atoms with E-state index in [9.17, 15) is 0 Å². The second-order valence-corrected chi connectivity index (χ2v) is 15.2. The van der Waals surface area contributed by atoms with Crippen molar-refractivity contribution in [1.29, 1.82) is 0 Å². The van der Waals surface area contributed by atoms with E-state index >= 15 is 0 Å². The van der Waals surface area contributed by atoms with Gasteiger partial charge in [0.05, 0.1) is 11.4 Å². The SMILES string of the molecule is CC1(C)c2ccccc2-c2ccc(-c3cc(-c4ccc(-c5ccc6ccc7cccc8ccc5c6c78)cc4)nc(-c4ccccc4-c4cccnc4)n3)cc21. The molecule has 2 aromatic heterocycles. The Kier molecular flexibility index (Phi) is 6.90. The molecule has 2 heterocycles. The van der Waals surface area contributed by atoms with Gasteiger partial charge in [0, 0.05) is 40.1 Å². The van der Waals surface area contributed by atoms with Gasteiger partial charge in [-0.25, -0.2) is 9.97 Å². The molecular weight excluding hydrogens is 667 g/mol. The molecule has 0 fully saturated rings. The number of hydrogen-bond donors (Lipinski definition) is 0. The molecule has 3 nitrogen and oxygen atoms in total. The van der Waals surface area contributed by atoms with Crippen molar-refractivity contribution in [1.82, 2.24) is 15.0 Å². The quantitative estimate of drug-likeness (QED) is 0.168. The Hall–Kier alpha value is -6.97. The number of pyridine rings is 1. The summed E-state index contributed by atoms with van der Waals surface area (Å²) in [6.07, 6.45) is 3.71. The van der Waals surface area contributed by atoms with E-state index in [0.29, 0.717) is 5.82 Å². The summed E-state index contributed by atoms with van der Waals surface area (Å²) in [7, 11) is 0. The third-order valence-corrected chi connectivity index (χ3v) is 11.8. The van der Waals surface area contributed by atoms with Crippen LogP contribution < -0.4 is 0 Å². The van der Waals surface area contributed by atoms with Crippen LogP contribution >= 0.6 is 0 Å². The highest BCUT2D eigenvalue weighted by molar-refractivity contribution is 6.25. The van der Waals surface area contributed by atoms with Crippen LogP contribution in [0.15, 0.2) is 176 Å². The molecule has 8 aromatic carbocycles. The lowest BCUT2D eigenvalue weighted by Crippen LogP contribution is -2.14. The Bertz CT molecular complexity index is 3090. The van der Waals surface area contributed by atoms with Crippen molar-refractivity contribution >= 4 is 32.3 Å². The fraction of sp³-hybridized carbons (Fsp3) is 0.0577. The van der Waals surface area contributed by atoms with E-state index in [-0.39, 0.29) is 5.41 Å². The zero-order chi connectivity index (χ0) is 36.7. The predicted octanol–water partition coefficient (Wildman–Crippen LogP) is 13.4. The highest BCUT2D eigenvalue weighted by Crippen LogP contribution is 2.49. The van der Waals surface area contributed by atoms with Gasteiger partial charge in [-0.3, -0.25) is 4.98 Å². The summed E-state index contributed by atoms with van der Waals surface area (Å²) in [5, 5.41) is 7.76. The van der Waals surface area contributed by atoms with Crippen LogP contribution in [-0.2, 0) is 5.41 Å². The van der Waals surface area contributed by atoms with Crippen LogP contribution in [0.1, 0.15) is 25.0 Å². The minimum Gasteiger partial charge on any atom is -0.264 e. The van der Waals surface area contributed by atoms with E-state index < -0.39 is 0 Å². The first-order valence-electron chi connectivity index (χ1n) is 18.9. The van der Waals surface area contributed by atoms with Crippen molar-refractivity contribution in [2.45, 2.75) is 19.3 Å². The third-order valence-electron chi connectivity index (χ3n) is 11.8. The van der Waals surface area contributed by atoms with Gasteiger partial charge in [0.15, 0.2) is 5.82 Å². The molecule has 0 amide bonds. The largest absolute Gasteiger partial charge is 0.264 e. The van der Waals surface area contributed by atoms with Gasteiger partial charge in [-0.05, 0) is 89.5 Å². The highest BCUT2D eigenvalue weighted by Gasteiger charge is 2.35. The van der Waals surface area contributed by atoms with Gasteiger partial charge < -0.3 is 0 Å². The lowest BCUT2D eigenvalue weighted by atomic mass is 9.82. The van der Waals surface area contributed by atoms with Gasteiger partial charge in [0.1, 0.15) is 0 Å². The molecule has 55 heavy (non-hydrogen) atoms. The van der Waals surface area contributed by atoms with Gasteiger partial charge in [-0.1, -0.05) is 159 Å². The van der Waals surface area contributed by atoms with Crippen molar-refractivity contribution < 1.29 is 0 Å². The molecule has 0 saturated carbocycles. The molecule has 1 aliphatic carbocycles. The van der Waals surface area contributed by atoms with E-state index in [4.69, 9.17) is 9.97 Å². The fourth-order valence-corrected chi connectivity index (χ4v) is 8.99. The first-order chi connectivity index (χ1) is 27.0. The van der Waals surface area contributed by atoms with E-state index in [1.54, 1.807) is 6.20 Å². The number of rotatable bonds is 5. The van der Waals surface area contributed by atoms with Crippen LogP contribution in [0.2, 0.25) is 0 Å². The summed E-state index contributed by atoms with van der Waals surface area (Å²) >= 11 is 0. The van der Waals surface area contributed by atoms with Crippen LogP contribution in [-0.4, -0.2) is 15.0 Å². The van der Waals surface area contributed by atoms with Crippen molar-refractivity contribution in [2.24, 2.45) is 0 Å². The van der Waals surface area contributed by atoms with Crippen molar-refractivity contribution in [3.05, 3.63) is 187 Å². The molecule has 10 aromatic rings. The monoisotopic (exact) mass is 701 g/mol. The van der Waals surface area contributed by atoms with Gasteiger partial charge in [0.25, 0.3) is 0 Å². The van der Waals surface area contributed by atoms with E-state index in [1.165, 1.54) is 65.7 Å². The highest BCUT2D eigenvalue weighted by atomic mass is 14.9. The minimum atomic E-state index is -0.117. The summed E-state index contributed by atoms with van der Waals surface area (Å²) in [5.41, 5.74) is 14.5. The summed E-state index contributed by atoms with van der Waals surface area (Å²) in [5.74, 6) is 0.686. The Morgan fingerprint density at radius 1 is 0.400 bits per heavy atom. The second kappa shape index (κ2) is 12.0. The molecule has 0 aliphatic heterocycles. The molecule has 11 rings (SSSR count). The molecule has 0 N–H and O–H groups in total. The number of fused-ring (bicyclic) bond motifs is 3. The van der Waals surface area contributed by atoms with Gasteiger partial charge in [-0.15, -0.1) is 0 Å². The lowest BCUT2D eigenvalue weighted by molar-refractivity contribution is 0.660. The summed E-state index contributed by atoms with van der Waals surface area (Å²) in [4.78, 5) is 15.0. The Morgan fingerprint density at radius 3 is 1.80 bits per heavy atom. The zero-order valence-corrected chi connectivity index (χ0v) is 30.6. The van der Waals surface area contributed by atoms with Gasteiger partial charge in [0.2, 0.25) is 0 Å². The maximum Gasteiger partial charge on any atom is 0.161 e. The number of benzene rings is 8. The topological polar surface area (TPSA) is 38.7 Å². The smallest absolute Gasteiger partial charge is 0.161 e. The lowest BCUT2D eigenvalue weighted by Gasteiger charge is -2.22. The summed E-state index contributed by atoms with van der Waals surface area (Å²) in [6, 6.07) is 59.2. The molecule has 258 valence electrons. The number of aromatic nitrogens is 3. The summed E-state index contributed by atoms with van der Waals surface area (Å²) < 4.78 is 0. The molecule has 1 aliphatic rings. The van der Waals surface area contributed by atoms with E-state index in [0.717, 1.165) is 39.2 Å². The predicted molar refractivity (Wildman–Crippen MR) is 228 cm³/mol. The summed E-state index contributed by atoms with van der Waals surface area (Å²) in [6.45, 7) is 4.65. The first-order valence-corrected chi connectivity index (χ1v) is 18.9. The molecule has 0 spiro atoms. The first kappa shape index (κ1) is 31.5. The van der Waals surface area contributed by atoms with Crippen molar-refractivity contribution in [3.8, 4) is 67.3 Å². The van der Waals surface area contributed by atoms with Crippen molar-refractivity contribution in [2.75, 3.05) is 0 Å². The Morgan fingerprint density at radius 2 is 1.02 bits per heavy atom. The average Bonchev–Trinajstić information content (AvgIpc) is 3.48. The van der Waals surface area contributed by atoms with Gasteiger partial charge >= 0.3 is 0 Å². The molecule has 0 bridgehead atoms. The average molecular weight is 702 g/mol. The Labute approximate surface area is 320 Å². The normalized spacial score (nSPS) is 13.1. The molecule has 0 radical (unpaired) electrons. The molecule has 0 atom stereocenters. The molecule has 0 unspecified atom stereocenters. The van der Waals surface area contributed by atoms with Crippen molar-refractivity contribution in [3.63, 3.8) is 0 Å². The number of hydrogen-bond acceptors (Lipinski definition) is 3. The molecular formula is C52H35N3. The maximum absolute atomic E-state index is 5.32. The number of nitrogens with zero attached hydrogens (tertiary/aromatic N) is 3. The maximum atomic E-state index is 5.32. The van der Waals surface area contributed by atoms with Gasteiger partial charge in [-0.2, -0.15) is 0 Å². The third kappa shape index (κ3) is 4.93. The van der Waals surface area contributed by atoms with Crippen LogP contribution in [0.25, 0.3) is 99.6 Å². The minimum absolute atomic E-state index is 0.117. The van der Waals surface area contributed by atoms with Crippen LogP contribution in [0.5, 0.6) is 0 Å². The van der Waals surface area contributed by atoms with Crippen LogP contribution in [0.3, 0.4) is 0 Å². The Balaban J connectivity index is 1.06. The van der Waals surface area contributed by atoms with Crippen LogP contribution in [0.4, 0.5) is 0 Å². The molecule has 3 heteroatoms. The van der Waals surface area contributed by atoms with E-state index in [2.05, 4.69) is 177 Å². The second-order valence-electron chi connectivity index (χ2n) is 15.2. The standard InChI is InChI=1S/C52H35N3/c1-52(2)45-15-6-5-13-41(45)42-26-24-37(29-46(42)52)48-30-47(54-51(55-48)44-14-4-3-12-39(44)38-11-8-28-53-31-38)33-18-16-32(17-19-33)40-25-22-36-21-20-34-9-7-10-35-23-27-43(40)50(36)49(34)35/h3-31H,1-2H3. The van der Waals surface area contributed by atoms with Crippen LogP contribution in [0, 0.1) is 0 Å². The van der Waals surface area contributed by atoms with E-state index in [1.807, 2.05) is 12.3 Å². The molecule has 0 saturated heterocycles.